The second-order valence-corrected chi connectivity index (χ2v) is 16.1. The number of anilines is 2. The molecule has 2 aliphatic heterocycles. The Kier molecular flexibility index (Phi) is 13.2. The number of rotatable bonds is 13. The molecular weight excluding hydrogens is 776 g/mol. The van der Waals surface area contributed by atoms with Crippen LogP contribution in [0.4, 0.5) is 11.4 Å². The van der Waals surface area contributed by atoms with Gasteiger partial charge < -0.3 is 10.6 Å². The Morgan fingerprint density at radius 1 is 0.727 bits per heavy atom. The van der Waals surface area contributed by atoms with Gasteiger partial charge >= 0.3 is 0 Å². The zero-order valence-corrected chi connectivity index (χ0v) is 32.4. The topological polar surface area (TPSA) is 146 Å². The fraction of sp³-hybridized carbons (Fsp3) is 0.220. The van der Waals surface area contributed by atoms with Crippen molar-refractivity contribution >= 4 is 81.7 Å². The molecule has 2 N–H and O–H groups in total. The molecule has 0 saturated carbocycles. The lowest BCUT2D eigenvalue weighted by Gasteiger charge is -2.25. The van der Waals surface area contributed by atoms with Gasteiger partial charge in [-0.25, -0.2) is 0 Å². The number of carbonyl (C=O) groups is 4. The molecule has 4 aromatic rings. The van der Waals surface area contributed by atoms with Crippen LogP contribution in [-0.2, 0) is 32.0 Å². The zero-order chi connectivity index (χ0) is 38.9. The van der Waals surface area contributed by atoms with E-state index in [0.29, 0.717) is 34.3 Å². The van der Waals surface area contributed by atoms with E-state index in [4.69, 9.17) is 23.2 Å². The standard InChI is InChI=1S/C41H34Cl2N6O4S2/c42-29-15-11-26(12-16-29)21-34-39(52)48(31-7-3-1-4-8-31)36(54-34)23-28(24-44)37(50)46-19-20-47-38(51)33(25-45)41-49(32-9-5-2-6-10-32)40(53)35(55-41)22-27-13-17-30(43)18-14-27/h1-18,28,34-36H,19-23H2,(H,46,50)(H,47,51)/b41-33-/t28-,34-,35-,36-/m0/s1. The molecule has 55 heavy (non-hydrogen) atoms. The molecule has 4 aromatic carbocycles. The van der Waals surface area contributed by atoms with E-state index >= 15 is 0 Å². The summed E-state index contributed by atoms with van der Waals surface area (Å²) in [6, 6.07) is 36.5. The summed E-state index contributed by atoms with van der Waals surface area (Å²) in [5.41, 5.74) is 2.78. The van der Waals surface area contributed by atoms with Crippen molar-refractivity contribution in [1.29, 1.82) is 10.5 Å². The predicted molar refractivity (Wildman–Crippen MR) is 217 cm³/mol. The number of halogens is 2. The Morgan fingerprint density at radius 2 is 1.27 bits per heavy atom. The number of amides is 4. The molecule has 4 atom stereocenters. The van der Waals surface area contributed by atoms with Gasteiger partial charge in [-0.1, -0.05) is 95.6 Å². The number of nitrogens with zero attached hydrogens (tertiary/aromatic N) is 4. The van der Waals surface area contributed by atoms with Crippen molar-refractivity contribution in [1.82, 2.24) is 10.6 Å². The molecule has 0 aliphatic carbocycles. The van der Waals surface area contributed by atoms with Gasteiger partial charge in [-0.05, 0) is 72.5 Å². The average molecular weight is 810 g/mol. The van der Waals surface area contributed by atoms with Gasteiger partial charge in [0.05, 0.1) is 21.9 Å². The SMILES string of the molecule is N#C/C(C(=O)NCCNC(=O)[C@H](C#N)C[C@@H]1S[C@@H](Cc2ccc(Cl)cc2)C(=O)N1c1ccccc1)=C1/S[C@@H](Cc2ccc(Cl)cc2)C(=O)N1c1ccccc1. The number of hydrogen-bond acceptors (Lipinski definition) is 8. The monoisotopic (exact) mass is 808 g/mol. The molecule has 0 radical (unpaired) electrons. The molecule has 2 heterocycles. The van der Waals surface area contributed by atoms with Gasteiger partial charge in [0.2, 0.25) is 17.7 Å². The lowest BCUT2D eigenvalue weighted by Crippen LogP contribution is -2.40. The molecule has 0 aromatic heterocycles. The quantitative estimate of drug-likeness (QED) is 0.0843. The molecule has 2 aliphatic rings. The van der Waals surface area contributed by atoms with E-state index in [1.807, 2.05) is 60.7 Å². The van der Waals surface area contributed by atoms with Crippen molar-refractivity contribution in [3.63, 3.8) is 0 Å². The van der Waals surface area contributed by atoms with E-state index in [-0.39, 0.29) is 41.9 Å². The first-order valence-electron chi connectivity index (χ1n) is 17.3. The van der Waals surface area contributed by atoms with Gasteiger partial charge in [0.25, 0.3) is 5.91 Å². The first-order chi connectivity index (χ1) is 26.7. The summed E-state index contributed by atoms with van der Waals surface area (Å²) in [7, 11) is 0. The second-order valence-electron chi connectivity index (χ2n) is 12.7. The number of carbonyl (C=O) groups excluding carboxylic acids is 4. The smallest absolute Gasteiger partial charge is 0.264 e. The summed E-state index contributed by atoms with van der Waals surface area (Å²) in [5, 5.41) is 25.5. The van der Waals surface area contributed by atoms with Crippen LogP contribution in [0, 0.1) is 28.6 Å². The molecule has 0 spiro atoms. The van der Waals surface area contributed by atoms with E-state index in [9.17, 15) is 29.7 Å². The van der Waals surface area contributed by atoms with Gasteiger partial charge in [0.1, 0.15) is 22.6 Å². The van der Waals surface area contributed by atoms with E-state index in [2.05, 4.69) is 16.7 Å². The lowest BCUT2D eigenvalue weighted by molar-refractivity contribution is -0.124. The number of benzene rings is 4. The maximum atomic E-state index is 13.7. The maximum Gasteiger partial charge on any atom is 0.264 e. The minimum atomic E-state index is -1.09. The Labute approximate surface area is 337 Å². The first kappa shape index (κ1) is 39.5. The fourth-order valence-corrected chi connectivity index (χ4v) is 9.35. The number of nitrogens with one attached hydrogen (secondary N) is 2. The van der Waals surface area contributed by atoms with E-state index in [1.165, 1.54) is 16.7 Å². The van der Waals surface area contributed by atoms with Crippen molar-refractivity contribution in [2.24, 2.45) is 5.92 Å². The molecule has 6 rings (SSSR count). The van der Waals surface area contributed by atoms with Gasteiger partial charge in [0.15, 0.2) is 0 Å². The van der Waals surface area contributed by atoms with Crippen LogP contribution in [0.1, 0.15) is 17.5 Å². The summed E-state index contributed by atoms with van der Waals surface area (Å²) >= 11 is 14.7. The predicted octanol–water partition coefficient (Wildman–Crippen LogP) is 6.90. The Balaban J connectivity index is 1.09. The van der Waals surface area contributed by atoms with Gasteiger partial charge in [0, 0.05) is 40.9 Å². The van der Waals surface area contributed by atoms with Crippen molar-refractivity contribution in [3.8, 4) is 12.1 Å². The molecule has 10 nitrogen and oxygen atoms in total. The van der Waals surface area contributed by atoms with Crippen LogP contribution >= 0.6 is 46.7 Å². The third kappa shape index (κ3) is 9.53. The Bertz CT molecular complexity index is 2160. The Hall–Kier alpha value is -5.24. The molecule has 2 saturated heterocycles. The minimum Gasteiger partial charge on any atom is -0.353 e. The number of thioether (sulfide) groups is 2. The summed E-state index contributed by atoms with van der Waals surface area (Å²) in [5.74, 6) is -2.71. The van der Waals surface area contributed by atoms with Crippen molar-refractivity contribution in [2.75, 3.05) is 22.9 Å². The number of nitriles is 2. The molecule has 2 fully saturated rings. The van der Waals surface area contributed by atoms with Crippen LogP contribution in [0.25, 0.3) is 0 Å². The molecule has 278 valence electrons. The summed E-state index contributed by atoms with van der Waals surface area (Å²) in [6.07, 6.45) is 0.905. The molecule has 4 amide bonds. The van der Waals surface area contributed by atoms with Crippen LogP contribution < -0.4 is 20.4 Å². The van der Waals surface area contributed by atoms with Gasteiger partial charge in [-0.15, -0.1) is 11.8 Å². The molecular formula is C41H34Cl2N6O4S2. The van der Waals surface area contributed by atoms with Crippen LogP contribution in [0.2, 0.25) is 10.0 Å². The third-order valence-corrected chi connectivity index (χ3v) is 12.1. The fourth-order valence-electron chi connectivity index (χ4n) is 6.25. The van der Waals surface area contributed by atoms with Crippen molar-refractivity contribution in [3.05, 3.63) is 141 Å². The zero-order valence-electron chi connectivity index (χ0n) is 29.2. The van der Waals surface area contributed by atoms with Crippen LogP contribution in [-0.4, -0.2) is 52.6 Å². The summed E-state index contributed by atoms with van der Waals surface area (Å²) in [4.78, 5) is 57.2. The normalized spacial score (nSPS) is 19.4. The largest absolute Gasteiger partial charge is 0.353 e. The highest BCUT2D eigenvalue weighted by atomic mass is 35.5. The molecule has 14 heteroatoms. The van der Waals surface area contributed by atoms with E-state index < -0.39 is 33.6 Å². The van der Waals surface area contributed by atoms with Crippen molar-refractivity contribution in [2.45, 2.75) is 35.1 Å². The highest BCUT2D eigenvalue weighted by Crippen LogP contribution is 2.42. The highest BCUT2D eigenvalue weighted by Gasteiger charge is 2.43. The van der Waals surface area contributed by atoms with E-state index in [0.717, 1.165) is 22.9 Å². The average Bonchev–Trinajstić information content (AvgIpc) is 3.68. The maximum absolute atomic E-state index is 13.7. The first-order valence-corrected chi connectivity index (χ1v) is 19.9. The molecule has 0 unspecified atom stereocenters. The van der Waals surface area contributed by atoms with Crippen LogP contribution in [0.3, 0.4) is 0 Å². The number of hydrogen-bond donors (Lipinski definition) is 2. The van der Waals surface area contributed by atoms with Crippen molar-refractivity contribution < 1.29 is 19.2 Å². The van der Waals surface area contributed by atoms with Crippen LogP contribution in [0.15, 0.2) is 120 Å². The lowest BCUT2D eigenvalue weighted by atomic mass is 10.0. The van der Waals surface area contributed by atoms with E-state index in [1.54, 1.807) is 59.5 Å². The summed E-state index contributed by atoms with van der Waals surface area (Å²) < 4.78 is 0. The summed E-state index contributed by atoms with van der Waals surface area (Å²) in [6.45, 7) is -0.0713. The van der Waals surface area contributed by atoms with Crippen LogP contribution in [0.5, 0.6) is 0 Å². The highest BCUT2D eigenvalue weighted by molar-refractivity contribution is 8.05. The minimum absolute atomic E-state index is 0.0250. The Morgan fingerprint density at radius 3 is 1.84 bits per heavy atom. The molecule has 0 bridgehead atoms. The number of para-hydroxylation sites is 2. The van der Waals surface area contributed by atoms with Gasteiger partial charge in [-0.3, -0.25) is 29.0 Å². The second kappa shape index (κ2) is 18.4. The third-order valence-electron chi connectivity index (χ3n) is 8.96. The van der Waals surface area contributed by atoms with Gasteiger partial charge in [-0.2, -0.15) is 10.5 Å².